The molecule has 0 heterocycles. The van der Waals surface area contributed by atoms with E-state index in [4.69, 9.17) is 9.84 Å². The molecule has 0 aromatic rings. The number of carbonyl (C=O) groups is 2. The van der Waals surface area contributed by atoms with Crippen LogP contribution in [0.4, 0.5) is 0 Å². The summed E-state index contributed by atoms with van der Waals surface area (Å²) in [6.45, 7) is 4.25. The van der Waals surface area contributed by atoms with Gasteiger partial charge in [-0.1, -0.05) is 110 Å². The van der Waals surface area contributed by atoms with E-state index in [1.54, 1.807) is 0 Å². The predicted octanol–water partition coefficient (Wildman–Crippen LogP) is 8.21. The van der Waals surface area contributed by atoms with Gasteiger partial charge in [0.1, 0.15) is 6.10 Å². The maximum absolute atomic E-state index is 11.9. The van der Waals surface area contributed by atoms with Crippen molar-refractivity contribution in [1.29, 1.82) is 0 Å². The normalized spacial score (nSPS) is 12.1. The summed E-state index contributed by atoms with van der Waals surface area (Å²) in [5, 5.41) is 8.68. The number of carboxylic acid groups (broad SMARTS) is 1. The third-order valence-electron chi connectivity index (χ3n) is 5.90. The molecule has 0 spiro atoms. The monoisotopic (exact) mass is 426 g/mol. The summed E-state index contributed by atoms with van der Waals surface area (Å²) in [4.78, 5) is 22.5. The fourth-order valence-electron chi connectivity index (χ4n) is 3.89. The zero-order chi connectivity index (χ0) is 22.3. The van der Waals surface area contributed by atoms with Crippen molar-refractivity contribution in [2.75, 3.05) is 0 Å². The third kappa shape index (κ3) is 21.6. The second-order valence-electron chi connectivity index (χ2n) is 8.86. The second-order valence-corrected chi connectivity index (χ2v) is 8.86. The Bertz CT molecular complexity index is 394. The third-order valence-corrected chi connectivity index (χ3v) is 5.90. The lowest BCUT2D eigenvalue weighted by Crippen LogP contribution is -2.17. The van der Waals surface area contributed by atoms with E-state index in [9.17, 15) is 9.59 Å². The van der Waals surface area contributed by atoms with E-state index in [0.717, 1.165) is 19.3 Å². The van der Waals surface area contributed by atoms with Crippen LogP contribution in [0.1, 0.15) is 149 Å². The summed E-state index contributed by atoms with van der Waals surface area (Å²) in [6.07, 6.45) is 23.7. The van der Waals surface area contributed by atoms with Crippen molar-refractivity contribution in [3.05, 3.63) is 0 Å². The number of carbonyl (C=O) groups excluding carboxylic acids is 1. The lowest BCUT2D eigenvalue weighted by atomic mass is 10.0. The zero-order valence-corrected chi connectivity index (χ0v) is 20.1. The average molecular weight is 427 g/mol. The summed E-state index contributed by atoms with van der Waals surface area (Å²) < 4.78 is 5.47. The van der Waals surface area contributed by atoms with Crippen LogP contribution >= 0.6 is 0 Å². The summed E-state index contributed by atoms with van der Waals surface area (Å²) >= 11 is 0. The maximum atomic E-state index is 11.9. The molecule has 1 atom stereocenters. The molecule has 30 heavy (non-hydrogen) atoms. The van der Waals surface area contributed by atoms with Gasteiger partial charge in [0.15, 0.2) is 0 Å². The minimum atomic E-state index is -0.788. The van der Waals surface area contributed by atoms with Crippen molar-refractivity contribution < 1.29 is 19.4 Å². The number of unbranched alkanes of at least 4 members (excludes halogenated alkanes) is 15. The number of aliphatic carboxylic acids is 1. The van der Waals surface area contributed by atoms with E-state index < -0.39 is 5.97 Å². The molecule has 0 aromatic carbocycles. The van der Waals surface area contributed by atoms with E-state index in [2.05, 4.69) is 6.92 Å². The molecular weight excluding hydrogens is 376 g/mol. The van der Waals surface area contributed by atoms with Gasteiger partial charge in [-0.15, -0.1) is 0 Å². The smallest absolute Gasteiger partial charge is 0.306 e. The second kappa shape index (κ2) is 22.6. The molecule has 1 N–H and O–H groups in total. The Morgan fingerprint density at radius 1 is 0.633 bits per heavy atom. The van der Waals surface area contributed by atoms with Crippen LogP contribution in [0.3, 0.4) is 0 Å². The largest absolute Gasteiger partial charge is 0.481 e. The number of rotatable bonds is 23. The number of ether oxygens (including phenoxy) is 1. The maximum Gasteiger partial charge on any atom is 0.306 e. The van der Waals surface area contributed by atoms with Crippen LogP contribution in [0.15, 0.2) is 0 Å². The van der Waals surface area contributed by atoms with Gasteiger partial charge < -0.3 is 9.84 Å². The van der Waals surface area contributed by atoms with Gasteiger partial charge in [0.2, 0.25) is 0 Å². The highest BCUT2D eigenvalue weighted by Gasteiger charge is 2.12. The Balaban J connectivity index is 3.34. The van der Waals surface area contributed by atoms with Crippen molar-refractivity contribution in [2.24, 2.45) is 0 Å². The summed E-state index contributed by atoms with van der Waals surface area (Å²) in [7, 11) is 0. The van der Waals surface area contributed by atoms with Crippen molar-refractivity contribution in [2.45, 2.75) is 155 Å². The van der Waals surface area contributed by atoms with Crippen LogP contribution in [0, 0.1) is 0 Å². The predicted molar refractivity (Wildman–Crippen MR) is 126 cm³/mol. The highest BCUT2D eigenvalue weighted by Crippen LogP contribution is 2.15. The van der Waals surface area contributed by atoms with Crippen molar-refractivity contribution in [1.82, 2.24) is 0 Å². The van der Waals surface area contributed by atoms with Crippen LogP contribution in [0.2, 0.25) is 0 Å². The molecular formula is C26H50O4. The summed E-state index contributed by atoms with van der Waals surface area (Å²) in [5.74, 6) is -0.910. The average Bonchev–Trinajstić information content (AvgIpc) is 2.72. The Hall–Kier alpha value is -1.06. The quantitative estimate of drug-likeness (QED) is 0.132. The van der Waals surface area contributed by atoms with Gasteiger partial charge in [0.25, 0.3) is 0 Å². The summed E-state index contributed by atoms with van der Waals surface area (Å²) in [5.41, 5.74) is 0. The van der Waals surface area contributed by atoms with Gasteiger partial charge in [-0.2, -0.15) is 0 Å². The van der Waals surface area contributed by atoms with E-state index >= 15 is 0 Å². The number of esters is 1. The minimum absolute atomic E-state index is 0.123. The molecule has 0 aliphatic carbocycles. The highest BCUT2D eigenvalue weighted by molar-refractivity contribution is 5.69. The minimum Gasteiger partial charge on any atom is -0.481 e. The standard InChI is InChI=1S/C26H50O4/c1-3-5-6-7-8-9-10-11-12-13-14-15-16-17-18-19-23-26(29)30-24(4-2)21-20-22-25(27)28/h24H,3-23H2,1-2H3,(H,27,28). The van der Waals surface area contributed by atoms with E-state index in [1.165, 1.54) is 89.9 Å². The van der Waals surface area contributed by atoms with E-state index in [1.807, 2.05) is 6.92 Å². The van der Waals surface area contributed by atoms with Gasteiger partial charge in [-0.05, 0) is 25.7 Å². The summed E-state index contributed by atoms with van der Waals surface area (Å²) in [6, 6.07) is 0. The SMILES string of the molecule is CCCCCCCCCCCCCCCCCCC(=O)OC(CC)CCCC(=O)O. The Morgan fingerprint density at radius 2 is 1.07 bits per heavy atom. The molecule has 178 valence electrons. The molecule has 1 unspecified atom stereocenters. The van der Waals surface area contributed by atoms with Crippen LogP contribution in [-0.2, 0) is 14.3 Å². The van der Waals surface area contributed by atoms with E-state index in [-0.39, 0.29) is 18.5 Å². The topological polar surface area (TPSA) is 63.6 Å². The van der Waals surface area contributed by atoms with Gasteiger partial charge in [0.05, 0.1) is 0 Å². The van der Waals surface area contributed by atoms with Crippen LogP contribution in [0.25, 0.3) is 0 Å². The van der Waals surface area contributed by atoms with Crippen molar-refractivity contribution >= 4 is 11.9 Å². The van der Waals surface area contributed by atoms with Crippen LogP contribution in [0.5, 0.6) is 0 Å². The molecule has 0 bridgehead atoms. The molecule has 0 aromatic heterocycles. The molecule has 4 heteroatoms. The molecule has 0 aliphatic heterocycles. The fourth-order valence-corrected chi connectivity index (χ4v) is 3.89. The lowest BCUT2D eigenvalue weighted by molar-refractivity contribution is -0.149. The first-order valence-electron chi connectivity index (χ1n) is 13.0. The number of carboxylic acids is 1. The van der Waals surface area contributed by atoms with Crippen LogP contribution < -0.4 is 0 Å². The van der Waals surface area contributed by atoms with Gasteiger partial charge >= 0.3 is 11.9 Å². The highest BCUT2D eigenvalue weighted by atomic mass is 16.5. The molecule has 0 aliphatic rings. The van der Waals surface area contributed by atoms with E-state index in [0.29, 0.717) is 19.3 Å². The fraction of sp³-hybridized carbons (Fsp3) is 0.923. The molecule has 0 rings (SSSR count). The Kier molecular flexibility index (Phi) is 21.8. The van der Waals surface area contributed by atoms with Crippen LogP contribution in [-0.4, -0.2) is 23.1 Å². The lowest BCUT2D eigenvalue weighted by Gasteiger charge is -2.15. The van der Waals surface area contributed by atoms with Gasteiger partial charge in [0, 0.05) is 12.8 Å². The van der Waals surface area contributed by atoms with Crippen molar-refractivity contribution in [3.63, 3.8) is 0 Å². The molecule has 0 radical (unpaired) electrons. The Morgan fingerprint density at radius 3 is 1.47 bits per heavy atom. The number of hydrogen-bond acceptors (Lipinski definition) is 3. The Labute approximate surface area is 186 Å². The first-order chi connectivity index (χ1) is 14.6. The molecule has 0 saturated carbocycles. The molecule has 0 amide bonds. The first kappa shape index (κ1) is 28.9. The molecule has 0 fully saturated rings. The van der Waals surface area contributed by atoms with Gasteiger partial charge in [-0.3, -0.25) is 9.59 Å². The number of hydrogen-bond donors (Lipinski definition) is 1. The van der Waals surface area contributed by atoms with Crippen molar-refractivity contribution in [3.8, 4) is 0 Å². The molecule has 4 nitrogen and oxygen atoms in total. The zero-order valence-electron chi connectivity index (χ0n) is 20.1. The first-order valence-corrected chi connectivity index (χ1v) is 13.0. The molecule has 0 saturated heterocycles. The van der Waals surface area contributed by atoms with Gasteiger partial charge in [-0.25, -0.2) is 0 Å².